The van der Waals surface area contributed by atoms with Gasteiger partial charge in [0.25, 0.3) is 0 Å². The first-order chi connectivity index (χ1) is 13.5. The van der Waals surface area contributed by atoms with E-state index in [0.29, 0.717) is 45.7 Å². The molecule has 1 aliphatic carbocycles. The molecule has 6 heteroatoms. The molecule has 6 nitrogen and oxygen atoms in total. The van der Waals surface area contributed by atoms with Crippen molar-refractivity contribution in [2.24, 2.45) is 17.8 Å². The molecular weight excluding hydrogens is 354 g/mol. The van der Waals surface area contributed by atoms with Gasteiger partial charge in [0.1, 0.15) is 0 Å². The zero-order valence-corrected chi connectivity index (χ0v) is 17.7. The van der Waals surface area contributed by atoms with Gasteiger partial charge >= 0.3 is 0 Å². The van der Waals surface area contributed by atoms with Crippen LogP contribution in [0.3, 0.4) is 0 Å². The van der Waals surface area contributed by atoms with Crippen LogP contribution in [0.5, 0.6) is 0 Å². The molecule has 0 aromatic carbocycles. The molecule has 0 aromatic heterocycles. The van der Waals surface area contributed by atoms with Crippen molar-refractivity contribution in [3.8, 4) is 0 Å². The summed E-state index contributed by atoms with van der Waals surface area (Å²) in [5, 5.41) is 0. The van der Waals surface area contributed by atoms with Crippen LogP contribution >= 0.6 is 0 Å². The summed E-state index contributed by atoms with van der Waals surface area (Å²) in [4.78, 5) is 43.2. The molecule has 0 radical (unpaired) electrons. The topological polar surface area (TPSA) is 60.9 Å². The number of likely N-dealkylation sites (tertiary alicyclic amines) is 1. The third-order valence-electron chi connectivity index (χ3n) is 6.84. The van der Waals surface area contributed by atoms with Gasteiger partial charge in [-0.1, -0.05) is 39.5 Å². The maximum Gasteiger partial charge on any atom is 0.225 e. The molecule has 2 saturated heterocycles. The van der Waals surface area contributed by atoms with Gasteiger partial charge in [-0.05, 0) is 25.2 Å². The molecular formula is C22H37N3O3. The van der Waals surface area contributed by atoms with E-state index in [2.05, 4.69) is 0 Å². The van der Waals surface area contributed by atoms with E-state index < -0.39 is 0 Å². The van der Waals surface area contributed by atoms with E-state index in [1.807, 2.05) is 28.5 Å². The van der Waals surface area contributed by atoms with Crippen molar-refractivity contribution in [1.29, 1.82) is 0 Å². The van der Waals surface area contributed by atoms with E-state index in [0.717, 1.165) is 25.2 Å². The Hall–Kier alpha value is -1.59. The molecule has 0 atom stereocenters. The largest absolute Gasteiger partial charge is 0.342 e. The molecule has 28 heavy (non-hydrogen) atoms. The van der Waals surface area contributed by atoms with E-state index in [9.17, 15) is 14.4 Å². The highest BCUT2D eigenvalue weighted by Crippen LogP contribution is 2.29. The summed E-state index contributed by atoms with van der Waals surface area (Å²) >= 11 is 0. The molecule has 0 bridgehead atoms. The van der Waals surface area contributed by atoms with Gasteiger partial charge < -0.3 is 14.7 Å². The predicted molar refractivity (Wildman–Crippen MR) is 108 cm³/mol. The fourth-order valence-corrected chi connectivity index (χ4v) is 4.93. The van der Waals surface area contributed by atoms with Gasteiger partial charge in [0.15, 0.2) is 0 Å². The Morgan fingerprint density at radius 1 is 0.786 bits per heavy atom. The lowest BCUT2D eigenvalue weighted by Gasteiger charge is -2.39. The van der Waals surface area contributed by atoms with Crippen molar-refractivity contribution in [3.05, 3.63) is 0 Å². The summed E-state index contributed by atoms with van der Waals surface area (Å²) in [5.74, 6) is 1.47. The van der Waals surface area contributed by atoms with Crippen LogP contribution in [0.4, 0.5) is 0 Å². The summed E-state index contributed by atoms with van der Waals surface area (Å²) in [7, 11) is 0. The Kier molecular flexibility index (Phi) is 7.36. The number of rotatable bonds is 5. The monoisotopic (exact) mass is 391 g/mol. The fourth-order valence-electron chi connectivity index (χ4n) is 4.93. The fraction of sp³-hybridized carbons (Fsp3) is 0.864. The van der Waals surface area contributed by atoms with Crippen molar-refractivity contribution < 1.29 is 14.4 Å². The number of nitrogens with zero attached hydrogens (tertiary/aromatic N) is 3. The molecule has 158 valence electrons. The highest BCUT2D eigenvalue weighted by molar-refractivity contribution is 5.81. The van der Waals surface area contributed by atoms with Gasteiger partial charge in [0, 0.05) is 57.5 Å². The quantitative estimate of drug-likeness (QED) is 0.723. The van der Waals surface area contributed by atoms with Crippen molar-refractivity contribution in [2.75, 3.05) is 39.3 Å². The second-order valence-electron chi connectivity index (χ2n) is 9.15. The Morgan fingerprint density at radius 3 is 1.93 bits per heavy atom. The van der Waals surface area contributed by atoms with Crippen molar-refractivity contribution in [2.45, 2.75) is 65.2 Å². The summed E-state index contributed by atoms with van der Waals surface area (Å²) in [6.07, 6.45) is 8.45. The third kappa shape index (κ3) is 5.26. The zero-order valence-electron chi connectivity index (χ0n) is 17.7. The highest BCUT2D eigenvalue weighted by atomic mass is 16.2. The Bertz CT molecular complexity index is 555. The van der Waals surface area contributed by atoms with Gasteiger partial charge in [-0.2, -0.15) is 0 Å². The van der Waals surface area contributed by atoms with E-state index in [-0.39, 0.29) is 29.6 Å². The molecule has 1 saturated carbocycles. The van der Waals surface area contributed by atoms with Crippen LogP contribution in [0.15, 0.2) is 0 Å². The minimum atomic E-state index is 0.0199. The normalized spacial score (nSPS) is 22.2. The van der Waals surface area contributed by atoms with Gasteiger partial charge in [0.05, 0.1) is 0 Å². The summed E-state index contributed by atoms with van der Waals surface area (Å²) in [6.45, 7) is 7.86. The maximum atomic E-state index is 12.9. The van der Waals surface area contributed by atoms with E-state index >= 15 is 0 Å². The molecule has 3 fully saturated rings. The molecule has 0 aromatic rings. The number of amides is 3. The predicted octanol–water partition coefficient (Wildman–Crippen LogP) is 2.52. The molecule has 2 aliphatic heterocycles. The second kappa shape index (κ2) is 9.75. The number of piperidine rings is 1. The Labute approximate surface area is 169 Å². The Balaban J connectivity index is 1.38. The van der Waals surface area contributed by atoms with Gasteiger partial charge in [0.2, 0.25) is 17.7 Å². The lowest BCUT2D eigenvalue weighted by Crippen LogP contribution is -2.53. The molecule has 3 aliphatic rings. The van der Waals surface area contributed by atoms with Crippen LogP contribution in [0.1, 0.15) is 65.2 Å². The minimum Gasteiger partial charge on any atom is -0.342 e. The zero-order chi connectivity index (χ0) is 20.1. The summed E-state index contributed by atoms with van der Waals surface area (Å²) in [5.41, 5.74) is 0. The number of carbonyl (C=O) groups is 3. The average molecular weight is 392 g/mol. The first kappa shape index (κ1) is 21.1. The molecule has 3 amide bonds. The van der Waals surface area contributed by atoms with Crippen LogP contribution in [0, 0.1) is 17.8 Å². The van der Waals surface area contributed by atoms with Crippen molar-refractivity contribution in [1.82, 2.24) is 14.7 Å². The summed E-state index contributed by atoms with van der Waals surface area (Å²) in [6, 6.07) is 0. The molecule has 0 unspecified atom stereocenters. The van der Waals surface area contributed by atoms with Crippen molar-refractivity contribution in [3.63, 3.8) is 0 Å². The second-order valence-corrected chi connectivity index (χ2v) is 9.15. The van der Waals surface area contributed by atoms with Crippen LogP contribution in [-0.2, 0) is 14.4 Å². The lowest BCUT2D eigenvalue weighted by atomic mass is 9.94. The molecule has 0 spiro atoms. The number of piperazine rings is 1. The number of hydrogen-bond donors (Lipinski definition) is 0. The van der Waals surface area contributed by atoms with Crippen molar-refractivity contribution >= 4 is 17.7 Å². The van der Waals surface area contributed by atoms with Crippen LogP contribution in [-0.4, -0.2) is 71.7 Å². The molecule has 0 N–H and O–H groups in total. The molecule has 2 heterocycles. The minimum absolute atomic E-state index is 0.0199. The van der Waals surface area contributed by atoms with E-state index in [1.165, 1.54) is 25.7 Å². The van der Waals surface area contributed by atoms with Gasteiger partial charge in [-0.15, -0.1) is 0 Å². The van der Waals surface area contributed by atoms with Crippen LogP contribution in [0.2, 0.25) is 0 Å². The highest BCUT2D eigenvalue weighted by Gasteiger charge is 2.32. The van der Waals surface area contributed by atoms with E-state index in [1.54, 1.807) is 0 Å². The standard InChI is InChI=1S/C22H37N3O3/c1-17(2)21(27)24-11-9-19(10-12-24)22(28)25-15-13-23(14-16-25)20(26)8-7-18-5-3-4-6-18/h17-19H,3-16H2,1-2H3. The van der Waals surface area contributed by atoms with Gasteiger partial charge in [-0.25, -0.2) is 0 Å². The first-order valence-corrected chi connectivity index (χ1v) is 11.3. The molecule has 3 rings (SSSR count). The average Bonchev–Trinajstić information content (AvgIpc) is 3.25. The van der Waals surface area contributed by atoms with E-state index in [4.69, 9.17) is 0 Å². The number of hydrogen-bond acceptors (Lipinski definition) is 3. The Morgan fingerprint density at radius 2 is 1.36 bits per heavy atom. The maximum absolute atomic E-state index is 12.9. The van der Waals surface area contributed by atoms with Crippen LogP contribution < -0.4 is 0 Å². The lowest BCUT2D eigenvalue weighted by molar-refractivity contribution is -0.145. The first-order valence-electron chi connectivity index (χ1n) is 11.3. The summed E-state index contributed by atoms with van der Waals surface area (Å²) < 4.78 is 0. The van der Waals surface area contributed by atoms with Crippen LogP contribution in [0.25, 0.3) is 0 Å². The SMILES string of the molecule is CC(C)C(=O)N1CCC(C(=O)N2CCN(C(=O)CCC3CCCC3)CC2)CC1. The smallest absolute Gasteiger partial charge is 0.225 e. The van der Waals surface area contributed by atoms with Gasteiger partial charge in [-0.3, -0.25) is 14.4 Å². The number of carbonyl (C=O) groups excluding carboxylic acids is 3. The third-order valence-corrected chi connectivity index (χ3v) is 6.84.